The van der Waals surface area contributed by atoms with Crippen LogP contribution in [0.3, 0.4) is 0 Å². The largest absolute Gasteiger partial charge is 0.422 e. The highest BCUT2D eigenvalue weighted by molar-refractivity contribution is 6.02. The number of ketones is 1. The van der Waals surface area contributed by atoms with E-state index in [4.69, 9.17) is 9.47 Å². The molecule has 0 N–H and O–H groups in total. The van der Waals surface area contributed by atoms with Crippen LogP contribution >= 0.6 is 0 Å². The second kappa shape index (κ2) is 5.91. The fourth-order valence-corrected chi connectivity index (χ4v) is 2.52. The molecule has 5 nitrogen and oxygen atoms in total. The van der Waals surface area contributed by atoms with Crippen LogP contribution in [-0.4, -0.2) is 23.5 Å². The Balaban J connectivity index is 2.35. The van der Waals surface area contributed by atoms with Crippen LogP contribution in [0.4, 0.5) is 0 Å². The summed E-state index contributed by atoms with van der Waals surface area (Å²) >= 11 is 0. The highest BCUT2D eigenvalue weighted by Crippen LogP contribution is 2.39. The predicted octanol–water partition coefficient (Wildman–Crippen LogP) is 2.42. The van der Waals surface area contributed by atoms with Crippen molar-refractivity contribution in [3.63, 3.8) is 0 Å². The number of carbonyl (C=O) groups is 3. The summed E-state index contributed by atoms with van der Waals surface area (Å²) in [6.07, 6.45) is 0.372. The average molecular weight is 304 g/mol. The molecule has 0 spiro atoms. The quantitative estimate of drug-likeness (QED) is 0.617. The summed E-state index contributed by atoms with van der Waals surface area (Å²) < 4.78 is 10.5. The van der Waals surface area contributed by atoms with Gasteiger partial charge in [-0.3, -0.25) is 9.59 Å². The molecule has 1 aliphatic heterocycles. The lowest BCUT2D eigenvalue weighted by Crippen LogP contribution is -2.55. The Bertz CT molecular complexity index is 568. The standard InChI is InChI=1S/C17H20O5/c1-12(18)9-10-17(11-13-7-5-4-6-8-13)14(19)21-16(2,3)22-15(17)20/h4-8H,9-11H2,1-3H3. The Morgan fingerprint density at radius 2 is 1.59 bits per heavy atom. The molecule has 0 saturated carbocycles. The minimum absolute atomic E-state index is 0.0853. The molecule has 0 aromatic heterocycles. The number of esters is 2. The van der Waals surface area contributed by atoms with Crippen molar-refractivity contribution in [1.29, 1.82) is 0 Å². The number of hydrogen-bond donors (Lipinski definition) is 0. The van der Waals surface area contributed by atoms with Crippen molar-refractivity contribution in [2.24, 2.45) is 5.41 Å². The molecule has 0 bridgehead atoms. The number of carbonyl (C=O) groups excluding carboxylic acids is 3. The molecule has 0 unspecified atom stereocenters. The fraction of sp³-hybridized carbons (Fsp3) is 0.471. The minimum atomic E-state index is -1.46. The summed E-state index contributed by atoms with van der Waals surface area (Å²) in [5.74, 6) is -2.61. The van der Waals surface area contributed by atoms with Crippen molar-refractivity contribution in [1.82, 2.24) is 0 Å². The van der Waals surface area contributed by atoms with E-state index in [-0.39, 0.29) is 25.0 Å². The molecule has 0 radical (unpaired) electrons. The number of rotatable bonds is 5. The van der Waals surface area contributed by atoms with Gasteiger partial charge >= 0.3 is 11.9 Å². The lowest BCUT2D eigenvalue weighted by Gasteiger charge is -2.40. The van der Waals surface area contributed by atoms with Crippen LogP contribution in [0, 0.1) is 5.41 Å². The number of ether oxygens (including phenoxy) is 2. The van der Waals surface area contributed by atoms with Crippen molar-refractivity contribution in [2.75, 3.05) is 0 Å². The third kappa shape index (κ3) is 3.35. The van der Waals surface area contributed by atoms with Gasteiger partial charge < -0.3 is 14.3 Å². The summed E-state index contributed by atoms with van der Waals surface area (Å²) in [5.41, 5.74) is -0.637. The third-order valence-corrected chi connectivity index (χ3v) is 3.71. The van der Waals surface area contributed by atoms with Crippen LogP contribution in [-0.2, 0) is 30.3 Å². The highest BCUT2D eigenvalue weighted by Gasteiger charge is 2.55. The fourth-order valence-electron chi connectivity index (χ4n) is 2.52. The molecule has 5 heteroatoms. The highest BCUT2D eigenvalue weighted by atomic mass is 16.7. The Morgan fingerprint density at radius 1 is 1.05 bits per heavy atom. The van der Waals surface area contributed by atoms with E-state index < -0.39 is 23.1 Å². The smallest absolute Gasteiger partial charge is 0.327 e. The normalized spacial score (nSPS) is 19.2. The van der Waals surface area contributed by atoms with E-state index in [1.807, 2.05) is 30.3 Å². The van der Waals surface area contributed by atoms with Crippen LogP contribution in [0.15, 0.2) is 30.3 Å². The van der Waals surface area contributed by atoms with Gasteiger partial charge in [0, 0.05) is 20.3 Å². The van der Waals surface area contributed by atoms with Gasteiger partial charge in [-0.05, 0) is 25.3 Å². The Morgan fingerprint density at radius 3 is 2.09 bits per heavy atom. The predicted molar refractivity (Wildman–Crippen MR) is 78.8 cm³/mol. The lowest BCUT2D eigenvalue weighted by atomic mass is 9.76. The summed E-state index contributed by atoms with van der Waals surface area (Å²) in [6.45, 7) is 4.46. The number of cyclic esters (lactones) is 2. The maximum Gasteiger partial charge on any atom is 0.327 e. The number of Topliss-reactive ketones (excluding diaryl/α,β-unsaturated/α-hetero) is 1. The molecule has 118 valence electrons. The summed E-state index contributed by atoms with van der Waals surface area (Å²) in [7, 11) is 0. The van der Waals surface area contributed by atoms with E-state index in [1.54, 1.807) is 0 Å². The monoisotopic (exact) mass is 304 g/mol. The van der Waals surface area contributed by atoms with Gasteiger partial charge in [0.05, 0.1) is 0 Å². The molecule has 1 aromatic rings. The maximum atomic E-state index is 12.5. The van der Waals surface area contributed by atoms with E-state index in [0.717, 1.165) is 5.56 Å². The van der Waals surface area contributed by atoms with E-state index in [9.17, 15) is 14.4 Å². The molecule has 1 aromatic carbocycles. The zero-order chi connectivity index (χ0) is 16.4. The van der Waals surface area contributed by atoms with Crippen LogP contribution < -0.4 is 0 Å². The zero-order valence-electron chi connectivity index (χ0n) is 13.0. The first-order valence-corrected chi connectivity index (χ1v) is 7.25. The van der Waals surface area contributed by atoms with Gasteiger partial charge in [-0.2, -0.15) is 0 Å². The van der Waals surface area contributed by atoms with Crippen LogP contribution in [0.5, 0.6) is 0 Å². The first-order chi connectivity index (χ1) is 10.3. The van der Waals surface area contributed by atoms with Crippen LogP contribution in [0.1, 0.15) is 39.2 Å². The van der Waals surface area contributed by atoms with Crippen molar-refractivity contribution in [3.05, 3.63) is 35.9 Å². The van der Waals surface area contributed by atoms with Gasteiger partial charge in [-0.15, -0.1) is 0 Å². The topological polar surface area (TPSA) is 69.7 Å². The van der Waals surface area contributed by atoms with Gasteiger partial charge in [-0.1, -0.05) is 30.3 Å². The van der Waals surface area contributed by atoms with Crippen LogP contribution in [0.25, 0.3) is 0 Å². The second-order valence-corrected chi connectivity index (χ2v) is 6.13. The lowest BCUT2D eigenvalue weighted by molar-refractivity contribution is -0.251. The van der Waals surface area contributed by atoms with E-state index in [1.165, 1.54) is 20.8 Å². The Kier molecular flexibility index (Phi) is 4.35. The molecule has 1 aliphatic rings. The molecule has 0 atom stereocenters. The second-order valence-electron chi connectivity index (χ2n) is 6.13. The van der Waals surface area contributed by atoms with Crippen molar-refractivity contribution < 1.29 is 23.9 Å². The minimum Gasteiger partial charge on any atom is -0.422 e. The van der Waals surface area contributed by atoms with Gasteiger partial charge in [0.2, 0.25) is 0 Å². The summed E-state index contributed by atoms with van der Waals surface area (Å²) in [4.78, 5) is 36.4. The van der Waals surface area contributed by atoms with Gasteiger partial charge in [-0.25, -0.2) is 0 Å². The Labute approximate surface area is 129 Å². The average Bonchev–Trinajstić information content (AvgIpc) is 2.41. The van der Waals surface area contributed by atoms with Gasteiger partial charge in [0.15, 0.2) is 5.41 Å². The van der Waals surface area contributed by atoms with Crippen molar-refractivity contribution >= 4 is 17.7 Å². The number of hydrogen-bond acceptors (Lipinski definition) is 5. The maximum absolute atomic E-state index is 12.5. The van der Waals surface area contributed by atoms with E-state index in [0.29, 0.717) is 0 Å². The van der Waals surface area contributed by atoms with E-state index >= 15 is 0 Å². The molecule has 22 heavy (non-hydrogen) atoms. The number of benzene rings is 1. The Hall–Kier alpha value is -2.17. The molecule has 0 aliphatic carbocycles. The first kappa shape index (κ1) is 16.2. The molecule has 2 rings (SSSR count). The third-order valence-electron chi connectivity index (χ3n) is 3.71. The van der Waals surface area contributed by atoms with Crippen molar-refractivity contribution in [3.8, 4) is 0 Å². The molecule has 0 amide bonds. The molecule has 1 heterocycles. The summed E-state index contributed by atoms with van der Waals surface area (Å²) in [5, 5.41) is 0. The van der Waals surface area contributed by atoms with Crippen LogP contribution in [0.2, 0.25) is 0 Å². The zero-order valence-corrected chi connectivity index (χ0v) is 13.0. The van der Waals surface area contributed by atoms with Gasteiger partial charge in [0.1, 0.15) is 5.78 Å². The van der Waals surface area contributed by atoms with Gasteiger partial charge in [0.25, 0.3) is 5.79 Å². The SMILES string of the molecule is CC(=O)CCC1(Cc2ccccc2)C(=O)OC(C)(C)OC1=O. The molecular weight excluding hydrogens is 284 g/mol. The summed E-state index contributed by atoms with van der Waals surface area (Å²) in [6, 6.07) is 9.17. The molecule has 1 saturated heterocycles. The first-order valence-electron chi connectivity index (χ1n) is 7.25. The van der Waals surface area contributed by atoms with Crippen molar-refractivity contribution in [2.45, 2.75) is 45.8 Å². The molecule has 1 fully saturated rings. The van der Waals surface area contributed by atoms with E-state index in [2.05, 4.69) is 0 Å². The molecular formula is C17H20O5.